The molecule has 0 unspecified atom stereocenters. The van der Waals surface area contributed by atoms with Gasteiger partial charge in [-0.25, -0.2) is 9.67 Å². The summed E-state index contributed by atoms with van der Waals surface area (Å²) in [6.45, 7) is 3.67. The summed E-state index contributed by atoms with van der Waals surface area (Å²) in [4.78, 5) is 4.27. The summed E-state index contributed by atoms with van der Waals surface area (Å²) in [5, 5.41) is 14.0. The van der Waals surface area contributed by atoms with Crippen LogP contribution in [0.2, 0.25) is 5.02 Å². The van der Waals surface area contributed by atoms with Gasteiger partial charge in [-0.2, -0.15) is 5.10 Å². The molecule has 0 saturated carbocycles. The van der Waals surface area contributed by atoms with E-state index in [1.807, 2.05) is 13.8 Å². The molecule has 0 aliphatic heterocycles. The monoisotopic (exact) mass is 315 g/mol. The first-order valence-corrected chi connectivity index (χ1v) is 6.20. The normalized spacial score (nSPS) is 10.9. The van der Waals surface area contributed by atoms with Crippen LogP contribution in [-0.2, 0) is 6.61 Å². The fourth-order valence-corrected chi connectivity index (χ4v) is 1.96. The lowest BCUT2D eigenvalue weighted by atomic mass is 10.3. The maximum Gasteiger partial charge on any atom is 0.154 e. The van der Waals surface area contributed by atoms with Gasteiger partial charge in [-0.15, -0.1) is 0 Å². The molecule has 2 aromatic heterocycles. The van der Waals surface area contributed by atoms with Gasteiger partial charge in [-0.3, -0.25) is 0 Å². The maximum absolute atomic E-state index is 9.13. The zero-order chi connectivity index (χ0) is 12.6. The summed E-state index contributed by atoms with van der Waals surface area (Å²) >= 11 is 9.36. The van der Waals surface area contributed by atoms with Gasteiger partial charge in [0, 0.05) is 0 Å². The number of hydrogen-bond donors (Lipinski definition) is 1. The van der Waals surface area contributed by atoms with Crippen molar-refractivity contribution < 1.29 is 5.11 Å². The SMILES string of the molecule is Cc1nn(-c2ccc(Cl)c(CO)n2)c(C)c1Br. The highest BCUT2D eigenvalue weighted by Gasteiger charge is 2.12. The Morgan fingerprint density at radius 1 is 1.41 bits per heavy atom. The Hall–Kier alpha value is -0.910. The second-order valence-corrected chi connectivity index (χ2v) is 4.85. The summed E-state index contributed by atoms with van der Waals surface area (Å²) in [5.74, 6) is 0.643. The van der Waals surface area contributed by atoms with E-state index in [4.69, 9.17) is 16.7 Å². The third kappa shape index (κ3) is 2.22. The lowest BCUT2D eigenvalue weighted by Crippen LogP contribution is -2.04. The van der Waals surface area contributed by atoms with Crippen LogP contribution >= 0.6 is 27.5 Å². The molecule has 6 heteroatoms. The van der Waals surface area contributed by atoms with E-state index in [0.29, 0.717) is 16.5 Å². The van der Waals surface area contributed by atoms with Crippen molar-refractivity contribution in [2.24, 2.45) is 0 Å². The molecule has 17 heavy (non-hydrogen) atoms. The van der Waals surface area contributed by atoms with Gasteiger partial charge >= 0.3 is 0 Å². The van der Waals surface area contributed by atoms with E-state index in [1.54, 1.807) is 16.8 Å². The summed E-state index contributed by atoms with van der Waals surface area (Å²) in [5.41, 5.74) is 2.30. The summed E-state index contributed by atoms with van der Waals surface area (Å²) in [7, 11) is 0. The van der Waals surface area contributed by atoms with Gasteiger partial charge in [0.1, 0.15) is 0 Å². The average molecular weight is 317 g/mol. The largest absolute Gasteiger partial charge is 0.390 e. The van der Waals surface area contributed by atoms with Gasteiger partial charge in [0.25, 0.3) is 0 Å². The van der Waals surface area contributed by atoms with Crippen molar-refractivity contribution >= 4 is 27.5 Å². The van der Waals surface area contributed by atoms with Gasteiger partial charge in [-0.1, -0.05) is 11.6 Å². The number of aliphatic hydroxyl groups excluding tert-OH is 1. The molecule has 4 nitrogen and oxygen atoms in total. The Kier molecular flexibility index (Phi) is 3.51. The highest BCUT2D eigenvalue weighted by molar-refractivity contribution is 9.10. The van der Waals surface area contributed by atoms with Crippen molar-refractivity contribution in [3.05, 3.63) is 38.7 Å². The van der Waals surface area contributed by atoms with Gasteiger partial charge in [-0.05, 0) is 41.9 Å². The van der Waals surface area contributed by atoms with Crippen molar-refractivity contribution in [3.63, 3.8) is 0 Å². The Balaban J connectivity index is 2.57. The van der Waals surface area contributed by atoms with Crippen LogP contribution in [0.15, 0.2) is 16.6 Å². The molecule has 0 radical (unpaired) electrons. The predicted molar refractivity (Wildman–Crippen MR) is 69.5 cm³/mol. The zero-order valence-electron chi connectivity index (χ0n) is 9.41. The second kappa shape index (κ2) is 4.76. The summed E-state index contributed by atoms with van der Waals surface area (Å²) in [6.07, 6.45) is 0. The molecule has 2 heterocycles. The smallest absolute Gasteiger partial charge is 0.154 e. The molecule has 0 aliphatic carbocycles. The third-order valence-corrected chi connectivity index (χ3v) is 3.97. The molecule has 0 aliphatic rings. The second-order valence-electron chi connectivity index (χ2n) is 3.65. The van der Waals surface area contributed by atoms with Gasteiger partial charge in [0.2, 0.25) is 0 Å². The number of pyridine rings is 1. The number of rotatable bonds is 2. The van der Waals surface area contributed by atoms with E-state index in [-0.39, 0.29) is 6.61 Å². The van der Waals surface area contributed by atoms with Crippen molar-refractivity contribution in [2.45, 2.75) is 20.5 Å². The van der Waals surface area contributed by atoms with Crippen LogP contribution in [0.3, 0.4) is 0 Å². The van der Waals surface area contributed by atoms with Crippen LogP contribution in [0.4, 0.5) is 0 Å². The van der Waals surface area contributed by atoms with E-state index in [2.05, 4.69) is 26.0 Å². The lowest BCUT2D eigenvalue weighted by molar-refractivity contribution is 0.277. The Morgan fingerprint density at radius 2 is 2.12 bits per heavy atom. The fraction of sp³-hybridized carbons (Fsp3) is 0.273. The maximum atomic E-state index is 9.13. The Labute approximate surface area is 112 Å². The first-order valence-electron chi connectivity index (χ1n) is 5.03. The first kappa shape index (κ1) is 12.5. The molecular formula is C11H11BrClN3O. The molecule has 2 aromatic rings. The molecule has 0 bridgehead atoms. The third-order valence-electron chi connectivity index (χ3n) is 2.47. The molecule has 0 saturated heterocycles. The minimum atomic E-state index is -0.187. The molecule has 2 rings (SSSR count). The predicted octanol–water partition coefficient (Wildman–Crippen LogP) is 2.79. The van der Waals surface area contributed by atoms with Crippen LogP contribution in [0.1, 0.15) is 17.1 Å². The first-order chi connectivity index (χ1) is 8.04. The van der Waals surface area contributed by atoms with Crippen LogP contribution in [0.5, 0.6) is 0 Å². The molecule has 90 valence electrons. The van der Waals surface area contributed by atoms with Crippen molar-refractivity contribution in [1.29, 1.82) is 0 Å². The summed E-state index contributed by atoms with van der Waals surface area (Å²) < 4.78 is 2.68. The molecule has 0 spiro atoms. The number of aliphatic hydroxyl groups is 1. The molecule has 1 N–H and O–H groups in total. The topological polar surface area (TPSA) is 50.9 Å². The highest BCUT2D eigenvalue weighted by Crippen LogP contribution is 2.23. The Bertz CT molecular complexity index is 568. The standard InChI is InChI=1S/C11H11BrClN3O/c1-6-11(12)7(2)16(15-6)10-4-3-8(13)9(5-17)14-10/h3-4,17H,5H2,1-2H3. The number of halogens is 2. The fourth-order valence-electron chi connectivity index (χ4n) is 1.55. The highest BCUT2D eigenvalue weighted by atomic mass is 79.9. The van der Waals surface area contributed by atoms with Crippen LogP contribution < -0.4 is 0 Å². The summed E-state index contributed by atoms with van der Waals surface area (Å²) in [6, 6.07) is 3.48. The van der Waals surface area contributed by atoms with Crippen molar-refractivity contribution in [2.75, 3.05) is 0 Å². The quantitative estimate of drug-likeness (QED) is 0.927. The van der Waals surface area contributed by atoms with E-state index in [9.17, 15) is 0 Å². The molecule has 0 aromatic carbocycles. The molecule has 0 amide bonds. The van der Waals surface area contributed by atoms with Gasteiger partial charge in [0.15, 0.2) is 5.82 Å². The van der Waals surface area contributed by atoms with Crippen LogP contribution in [-0.4, -0.2) is 19.9 Å². The number of aryl methyl sites for hydroxylation is 1. The number of hydrogen-bond acceptors (Lipinski definition) is 3. The van der Waals surface area contributed by atoms with Crippen molar-refractivity contribution in [3.8, 4) is 5.82 Å². The number of aromatic nitrogens is 3. The lowest BCUT2D eigenvalue weighted by Gasteiger charge is -2.06. The molecule has 0 atom stereocenters. The van der Waals surface area contributed by atoms with Gasteiger partial charge in [0.05, 0.1) is 33.2 Å². The van der Waals surface area contributed by atoms with E-state index in [1.165, 1.54) is 0 Å². The van der Waals surface area contributed by atoms with Crippen molar-refractivity contribution in [1.82, 2.24) is 14.8 Å². The van der Waals surface area contributed by atoms with E-state index in [0.717, 1.165) is 15.9 Å². The Morgan fingerprint density at radius 3 is 2.65 bits per heavy atom. The molecular weight excluding hydrogens is 305 g/mol. The zero-order valence-corrected chi connectivity index (χ0v) is 11.7. The van der Waals surface area contributed by atoms with Crippen LogP contribution in [0.25, 0.3) is 5.82 Å². The van der Waals surface area contributed by atoms with E-state index >= 15 is 0 Å². The number of nitrogens with zero attached hydrogens (tertiary/aromatic N) is 3. The van der Waals surface area contributed by atoms with E-state index < -0.39 is 0 Å². The minimum absolute atomic E-state index is 0.187. The molecule has 0 fully saturated rings. The van der Waals surface area contributed by atoms with Gasteiger partial charge < -0.3 is 5.11 Å². The minimum Gasteiger partial charge on any atom is -0.390 e. The average Bonchev–Trinajstić information content (AvgIpc) is 2.58. The van der Waals surface area contributed by atoms with Crippen LogP contribution in [0, 0.1) is 13.8 Å².